The van der Waals surface area contributed by atoms with E-state index in [1.807, 2.05) is 19.9 Å². The lowest BCUT2D eigenvalue weighted by atomic mass is 10.1. The fourth-order valence-electron chi connectivity index (χ4n) is 1.94. The highest BCUT2D eigenvalue weighted by Crippen LogP contribution is 2.33. The van der Waals surface area contributed by atoms with Crippen LogP contribution in [0.3, 0.4) is 0 Å². The molecule has 1 rings (SSSR count). The molecule has 1 unspecified atom stereocenters. The first-order valence-electron chi connectivity index (χ1n) is 6.90. The molecule has 0 fully saturated rings. The van der Waals surface area contributed by atoms with Crippen molar-refractivity contribution in [3.63, 3.8) is 0 Å². The largest absolute Gasteiger partial charge is 0.383 e. The number of hydrogen-bond donors (Lipinski definition) is 2. The predicted molar refractivity (Wildman–Crippen MR) is 81.5 cm³/mol. The third-order valence-corrected chi connectivity index (χ3v) is 3.00. The number of anilines is 2. The first-order chi connectivity index (χ1) is 9.63. The molecule has 0 aliphatic rings. The molecule has 0 aromatic heterocycles. The van der Waals surface area contributed by atoms with Gasteiger partial charge in [-0.05, 0) is 25.0 Å². The van der Waals surface area contributed by atoms with Crippen LogP contribution in [0.5, 0.6) is 0 Å². The Balaban J connectivity index is 3.02. The second kappa shape index (κ2) is 8.37. The summed E-state index contributed by atoms with van der Waals surface area (Å²) in [6.45, 7) is 5.26. The Bertz CT molecular complexity index is 438. The van der Waals surface area contributed by atoms with Crippen molar-refractivity contribution in [3.8, 4) is 0 Å². The molecular weight excluding hydrogens is 258 g/mol. The number of nitro benzene ring substituents is 1. The fourth-order valence-corrected chi connectivity index (χ4v) is 1.94. The van der Waals surface area contributed by atoms with Crippen molar-refractivity contribution in [2.75, 3.05) is 30.9 Å². The normalized spacial score (nSPS) is 11.9. The van der Waals surface area contributed by atoms with Gasteiger partial charge in [-0.25, -0.2) is 0 Å². The Morgan fingerprint density at radius 3 is 2.60 bits per heavy atom. The van der Waals surface area contributed by atoms with Crippen molar-refractivity contribution < 1.29 is 9.66 Å². The molecular formula is C14H23N3O3. The lowest BCUT2D eigenvalue weighted by molar-refractivity contribution is -0.383. The minimum atomic E-state index is -0.347. The molecule has 0 heterocycles. The van der Waals surface area contributed by atoms with Crippen molar-refractivity contribution in [1.82, 2.24) is 0 Å². The number of hydrogen-bond acceptors (Lipinski definition) is 5. The van der Waals surface area contributed by atoms with Gasteiger partial charge in [0.05, 0.1) is 11.5 Å². The standard InChI is InChI=1S/C14H23N3O3/c1-4-9-15-12-7-6-8-13(14(12)17(18)19)16-11(5-2)10-20-3/h6-8,11,15-16H,4-5,9-10H2,1-3H3. The Hall–Kier alpha value is -1.82. The number of nitro groups is 1. The smallest absolute Gasteiger partial charge is 0.315 e. The summed E-state index contributed by atoms with van der Waals surface area (Å²) in [5.41, 5.74) is 1.17. The SMILES string of the molecule is CCCNc1cccc(NC(CC)COC)c1[N+](=O)[O-]. The van der Waals surface area contributed by atoms with E-state index in [2.05, 4.69) is 10.6 Å². The second-order valence-corrected chi connectivity index (χ2v) is 4.59. The van der Waals surface area contributed by atoms with Crippen LogP contribution in [0.2, 0.25) is 0 Å². The van der Waals surface area contributed by atoms with Gasteiger partial charge in [0, 0.05) is 19.7 Å². The maximum absolute atomic E-state index is 11.3. The number of para-hydroxylation sites is 1. The van der Waals surface area contributed by atoms with Crippen LogP contribution in [0.15, 0.2) is 18.2 Å². The van der Waals surface area contributed by atoms with Crippen LogP contribution in [-0.2, 0) is 4.74 Å². The molecule has 6 heteroatoms. The Morgan fingerprint density at radius 2 is 2.05 bits per heavy atom. The molecule has 0 aliphatic heterocycles. The number of ether oxygens (including phenoxy) is 1. The van der Waals surface area contributed by atoms with Crippen LogP contribution in [0.4, 0.5) is 17.1 Å². The molecule has 0 saturated carbocycles. The van der Waals surface area contributed by atoms with Gasteiger partial charge in [-0.2, -0.15) is 0 Å². The molecule has 20 heavy (non-hydrogen) atoms. The van der Waals surface area contributed by atoms with Gasteiger partial charge in [-0.3, -0.25) is 10.1 Å². The van der Waals surface area contributed by atoms with Crippen molar-refractivity contribution in [1.29, 1.82) is 0 Å². The first-order valence-corrected chi connectivity index (χ1v) is 6.90. The summed E-state index contributed by atoms with van der Waals surface area (Å²) >= 11 is 0. The molecule has 0 amide bonds. The van der Waals surface area contributed by atoms with E-state index in [1.165, 1.54) is 0 Å². The lowest BCUT2D eigenvalue weighted by Gasteiger charge is -2.18. The highest BCUT2D eigenvalue weighted by Gasteiger charge is 2.21. The number of benzene rings is 1. The Labute approximate surface area is 119 Å². The number of nitrogens with one attached hydrogen (secondary N) is 2. The summed E-state index contributed by atoms with van der Waals surface area (Å²) in [6, 6.07) is 5.33. The van der Waals surface area contributed by atoms with E-state index in [1.54, 1.807) is 19.2 Å². The predicted octanol–water partition coefficient (Wildman–Crippen LogP) is 3.25. The summed E-state index contributed by atoms with van der Waals surface area (Å²) in [4.78, 5) is 11.0. The maximum atomic E-state index is 11.3. The second-order valence-electron chi connectivity index (χ2n) is 4.59. The minimum absolute atomic E-state index is 0.0557. The van der Waals surface area contributed by atoms with Crippen LogP contribution in [0.1, 0.15) is 26.7 Å². The van der Waals surface area contributed by atoms with E-state index < -0.39 is 0 Å². The summed E-state index contributed by atoms with van der Waals surface area (Å²) in [6.07, 6.45) is 1.74. The monoisotopic (exact) mass is 281 g/mol. The number of nitrogens with zero attached hydrogens (tertiary/aromatic N) is 1. The summed E-state index contributed by atoms with van der Waals surface area (Å²) < 4.78 is 5.11. The fraction of sp³-hybridized carbons (Fsp3) is 0.571. The van der Waals surface area contributed by atoms with E-state index >= 15 is 0 Å². The van der Waals surface area contributed by atoms with Crippen molar-refractivity contribution >= 4 is 17.1 Å². The third kappa shape index (κ3) is 4.38. The number of rotatable bonds is 9. The van der Waals surface area contributed by atoms with E-state index in [0.717, 1.165) is 12.8 Å². The quantitative estimate of drug-likeness (QED) is 0.536. The Kier molecular flexibility index (Phi) is 6.79. The highest BCUT2D eigenvalue weighted by atomic mass is 16.6. The highest BCUT2D eigenvalue weighted by molar-refractivity contribution is 5.76. The molecule has 0 saturated heterocycles. The van der Waals surface area contributed by atoms with Gasteiger partial charge in [0.15, 0.2) is 0 Å². The van der Waals surface area contributed by atoms with Crippen LogP contribution in [0.25, 0.3) is 0 Å². The summed E-state index contributed by atoms with van der Waals surface area (Å²) in [5.74, 6) is 0. The molecule has 0 aliphatic carbocycles. The van der Waals surface area contributed by atoms with Crippen molar-refractivity contribution in [2.45, 2.75) is 32.7 Å². The summed E-state index contributed by atoms with van der Waals surface area (Å²) in [7, 11) is 1.62. The van der Waals surface area contributed by atoms with Crippen LogP contribution < -0.4 is 10.6 Å². The molecule has 0 spiro atoms. The van der Waals surface area contributed by atoms with Crippen LogP contribution >= 0.6 is 0 Å². The Morgan fingerprint density at radius 1 is 1.35 bits per heavy atom. The van der Waals surface area contributed by atoms with Crippen molar-refractivity contribution in [3.05, 3.63) is 28.3 Å². The van der Waals surface area contributed by atoms with Crippen LogP contribution in [0, 0.1) is 10.1 Å². The van der Waals surface area contributed by atoms with E-state index in [-0.39, 0.29) is 16.7 Å². The summed E-state index contributed by atoms with van der Waals surface area (Å²) in [5, 5.41) is 17.6. The molecule has 1 aromatic carbocycles. The van der Waals surface area contributed by atoms with Gasteiger partial charge < -0.3 is 15.4 Å². The average molecular weight is 281 g/mol. The minimum Gasteiger partial charge on any atom is -0.383 e. The van der Waals surface area contributed by atoms with E-state index in [4.69, 9.17) is 4.74 Å². The molecule has 0 bridgehead atoms. The van der Waals surface area contributed by atoms with Gasteiger partial charge in [-0.1, -0.05) is 19.9 Å². The molecule has 1 atom stereocenters. The third-order valence-electron chi connectivity index (χ3n) is 3.00. The van der Waals surface area contributed by atoms with Gasteiger partial charge >= 0.3 is 5.69 Å². The molecule has 0 radical (unpaired) electrons. The van der Waals surface area contributed by atoms with E-state index in [9.17, 15) is 10.1 Å². The zero-order valence-corrected chi connectivity index (χ0v) is 12.3. The average Bonchev–Trinajstić information content (AvgIpc) is 2.44. The van der Waals surface area contributed by atoms with Crippen LogP contribution in [-0.4, -0.2) is 31.2 Å². The molecule has 6 nitrogen and oxygen atoms in total. The number of methoxy groups -OCH3 is 1. The topological polar surface area (TPSA) is 76.4 Å². The lowest BCUT2D eigenvalue weighted by Crippen LogP contribution is -2.24. The molecule has 112 valence electrons. The van der Waals surface area contributed by atoms with Gasteiger partial charge in [-0.15, -0.1) is 0 Å². The van der Waals surface area contributed by atoms with Gasteiger partial charge in [0.2, 0.25) is 0 Å². The first kappa shape index (κ1) is 16.2. The van der Waals surface area contributed by atoms with Gasteiger partial charge in [0.1, 0.15) is 11.4 Å². The molecule has 2 N–H and O–H groups in total. The van der Waals surface area contributed by atoms with E-state index in [0.29, 0.717) is 24.5 Å². The van der Waals surface area contributed by atoms with Crippen molar-refractivity contribution in [2.24, 2.45) is 0 Å². The maximum Gasteiger partial charge on any atom is 0.315 e. The molecule has 1 aromatic rings. The van der Waals surface area contributed by atoms with Gasteiger partial charge in [0.25, 0.3) is 0 Å². The zero-order chi connectivity index (χ0) is 15.0. The zero-order valence-electron chi connectivity index (χ0n) is 12.3.